The highest BCUT2D eigenvalue weighted by Crippen LogP contribution is 2.33. The van der Waals surface area contributed by atoms with E-state index >= 15 is 0 Å². The molecular weight excluding hydrogens is 530 g/mol. The first-order valence-corrected chi connectivity index (χ1v) is 14.4. The molecule has 0 saturated carbocycles. The third-order valence-corrected chi connectivity index (χ3v) is 6.72. The minimum absolute atomic E-state index is 0.118. The number of unbranched alkanes of at least 4 members (excludes halogenated alkanes) is 5. The molecule has 0 fully saturated rings. The standard InChI is InChI=1S/C31H44ClN3O5/c1-7-8-9-10-11-14-20-35(29(38)22(3)33-30(39)40-31(4,5)6)27(23-17-12-13-19-25(23)36)28(37)34-26-21(2)16-15-18-24(26)32/h12-13,15-19,22,27,36H,7-11,14,20H2,1-6H3,(H,33,39)(H,34,37). The molecule has 40 heavy (non-hydrogen) atoms. The van der Waals surface area contributed by atoms with Gasteiger partial charge in [0.25, 0.3) is 5.91 Å². The molecule has 8 nitrogen and oxygen atoms in total. The van der Waals surface area contributed by atoms with Gasteiger partial charge in [-0.05, 0) is 58.7 Å². The molecule has 2 aromatic carbocycles. The van der Waals surface area contributed by atoms with E-state index in [4.69, 9.17) is 16.3 Å². The minimum atomic E-state index is -1.18. The van der Waals surface area contributed by atoms with E-state index in [1.165, 1.54) is 11.0 Å². The van der Waals surface area contributed by atoms with Gasteiger partial charge in [-0.1, -0.05) is 81.0 Å². The van der Waals surface area contributed by atoms with Crippen molar-refractivity contribution in [3.05, 3.63) is 58.6 Å². The van der Waals surface area contributed by atoms with E-state index in [0.717, 1.165) is 37.7 Å². The number of aromatic hydroxyl groups is 1. The number of para-hydroxylation sites is 2. The van der Waals surface area contributed by atoms with Gasteiger partial charge in [0.2, 0.25) is 5.91 Å². The molecule has 0 aliphatic rings. The summed E-state index contributed by atoms with van der Waals surface area (Å²) in [7, 11) is 0. The van der Waals surface area contributed by atoms with Gasteiger partial charge in [-0.15, -0.1) is 0 Å². The number of aryl methyl sites for hydroxylation is 1. The van der Waals surface area contributed by atoms with Crippen LogP contribution in [0.3, 0.4) is 0 Å². The molecule has 2 atom stereocenters. The van der Waals surface area contributed by atoms with E-state index in [9.17, 15) is 19.5 Å². The number of rotatable bonds is 13. The Kier molecular flexibility index (Phi) is 12.8. The lowest BCUT2D eigenvalue weighted by Crippen LogP contribution is -2.51. The van der Waals surface area contributed by atoms with Crippen LogP contribution in [0.4, 0.5) is 10.5 Å². The van der Waals surface area contributed by atoms with E-state index in [-0.39, 0.29) is 17.9 Å². The highest BCUT2D eigenvalue weighted by atomic mass is 35.5. The molecule has 220 valence electrons. The summed E-state index contributed by atoms with van der Waals surface area (Å²) in [6.45, 7) is 11.0. The lowest BCUT2D eigenvalue weighted by molar-refractivity contribution is -0.140. The summed E-state index contributed by atoms with van der Waals surface area (Å²) in [6.07, 6.45) is 5.15. The second-order valence-electron chi connectivity index (χ2n) is 11.0. The van der Waals surface area contributed by atoms with Crippen molar-refractivity contribution >= 4 is 35.2 Å². The van der Waals surface area contributed by atoms with Crippen molar-refractivity contribution in [2.45, 2.75) is 97.8 Å². The number of hydrogen-bond acceptors (Lipinski definition) is 5. The van der Waals surface area contributed by atoms with Crippen molar-refractivity contribution in [1.29, 1.82) is 0 Å². The highest BCUT2D eigenvalue weighted by molar-refractivity contribution is 6.34. The molecule has 0 radical (unpaired) electrons. The first-order chi connectivity index (χ1) is 18.9. The van der Waals surface area contributed by atoms with Crippen molar-refractivity contribution in [2.75, 3.05) is 11.9 Å². The lowest BCUT2D eigenvalue weighted by Gasteiger charge is -2.34. The smallest absolute Gasteiger partial charge is 0.408 e. The van der Waals surface area contributed by atoms with Gasteiger partial charge >= 0.3 is 6.09 Å². The molecule has 9 heteroatoms. The molecule has 3 N–H and O–H groups in total. The van der Waals surface area contributed by atoms with E-state index in [0.29, 0.717) is 17.1 Å². The molecule has 2 aromatic rings. The van der Waals surface area contributed by atoms with Crippen molar-refractivity contribution in [3.8, 4) is 5.75 Å². The third kappa shape index (κ3) is 10.0. The molecule has 0 heterocycles. The number of phenols is 1. The maximum absolute atomic E-state index is 13.9. The van der Waals surface area contributed by atoms with E-state index in [1.54, 1.807) is 58.0 Å². The zero-order chi connectivity index (χ0) is 29.9. The zero-order valence-electron chi connectivity index (χ0n) is 24.6. The average Bonchev–Trinajstić information content (AvgIpc) is 2.86. The second-order valence-corrected chi connectivity index (χ2v) is 11.5. The summed E-state index contributed by atoms with van der Waals surface area (Å²) in [5.41, 5.74) is 0.719. The number of hydrogen-bond donors (Lipinski definition) is 3. The Balaban J connectivity index is 2.45. The topological polar surface area (TPSA) is 108 Å². The lowest BCUT2D eigenvalue weighted by atomic mass is 10.0. The van der Waals surface area contributed by atoms with Gasteiger partial charge in [0, 0.05) is 12.1 Å². The molecule has 2 unspecified atom stereocenters. The first kappa shape index (κ1) is 32.9. The van der Waals surface area contributed by atoms with E-state index in [1.807, 2.05) is 13.0 Å². The quantitative estimate of drug-likeness (QED) is 0.221. The van der Waals surface area contributed by atoms with E-state index in [2.05, 4.69) is 17.6 Å². The Labute approximate surface area is 243 Å². The normalized spacial score (nSPS) is 12.8. The molecule has 3 amide bonds. The number of carbonyl (C=O) groups excluding carboxylic acids is 3. The summed E-state index contributed by atoms with van der Waals surface area (Å²) in [5.74, 6) is -1.12. The number of halogens is 1. The van der Waals surface area contributed by atoms with Crippen LogP contribution in [0.2, 0.25) is 5.02 Å². The summed E-state index contributed by atoms with van der Waals surface area (Å²) < 4.78 is 5.34. The Morgan fingerprint density at radius 3 is 2.27 bits per heavy atom. The van der Waals surface area contributed by atoms with Crippen molar-refractivity contribution in [3.63, 3.8) is 0 Å². The van der Waals surface area contributed by atoms with Crippen molar-refractivity contribution < 1.29 is 24.2 Å². The fourth-order valence-corrected chi connectivity index (χ4v) is 4.64. The Bertz CT molecular complexity index is 1130. The Morgan fingerprint density at radius 2 is 1.65 bits per heavy atom. The summed E-state index contributed by atoms with van der Waals surface area (Å²) in [6, 6.07) is 9.56. The number of carbonyl (C=O) groups is 3. The number of benzene rings is 2. The summed E-state index contributed by atoms with van der Waals surface area (Å²) >= 11 is 6.40. The van der Waals surface area contributed by atoms with Gasteiger partial charge in [-0.2, -0.15) is 0 Å². The maximum Gasteiger partial charge on any atom is 0.408 e. The van der Waals surface area contributed by atoms with Crippen LogP contribution in [0.15, 0.2) is 42.5 Å². The van der Waals surface area contributed by atoms with Crippen LogP contribution in [-0.4, -0.2) is 46.1 Å². The van der Waals surface area contributed by atoms with Crippen LogP contribution in [0.25, 0.3) is 0 Å². The van der Waals surface area contributed by atoms with Crippen LogP contribution in [0.5, 0.6) is 5.75 Å². The fraction of sp³-hybridized carbons (Fsp3) is 0.516. The highest BCUT2D eigenvalue weighted by Gasteiger charge is 2.36. The molecular formula is C31H44ClN3O5. The number of nitrogens with one attached hydrogen (secondary N) is 2. The number of ether oxygens (including phenoxy) is 1. The van der Waals surface area contributed by atoms with Crippen LogP contribution in [0, 0.1) is 6.92 Å². The molecule has 0 aliphatic carbocycles. The fourth-order valence-electron chi connectivity index (χ4n) is 4.38. The number of phenolic OH excluding ortho intramolecular Hbond substituents is 1. The first-order valence-electron chi connectivity index (χ1n) is 14.0. The molecule has 0 aromatic heterocycles. The van der Waals surface area contributed by atoms with Gasteiger partial charge < -0.3 is 25.4 Å². The van der Waals surface area contributed by atoms with Gasteiger partial charge in [0.05, 0.1) is 10.7 Å². The largest absolute Gasteiger partial charge is 0.508 e. The van der Waals surface area contributed by atoms with E-state index < -0.39 is 35.6 Å². The minimum Gasteiger partial charge on any atom is -0.508 e. The van der Waals surface area contributed by atoms with Crippen LogP contribution >= 0.6 is 11.6 Å². The summed E-state index contributed by atoms with van der Waals surface area (Å²) in [4.78, 5) is 41.7. The SMILES string of the molecule is CCCCCCCCN(C(=O)C(C)NC(=O)OC(C)(C)C)C(C(=O)Nc1c(C)cccc1Cl)c1ccccc1O. The van der Waals surface area contributed by atoms with Crippen molar-refractivity contribution in [2.24, 2.45) is 0 Å². The van der Waals surface area contributed by atoms with Crippen LogP contribution < -0.4 is 10.6 Å². The van der Waals surface area contributed by atoms with Gasteiger partial charge in [-0.25, -0.2) is 4.79 Å². The number of amides is 3. The van der Waals surface area contributed by atoms with Crippen LogP contribution in [-0.2, 0) is 14.3 Å². The third-order valence-electron chi connectivity index (χ3n) is 6.40. The maximum atomic E-state index is 13.9. The van der Waals surface area contributed by atoms with Gasteiger partial charge in [0.1, 0.15) is 23.4 Å². The molecule has 2 rings (SSSR count). The van der Waals surface area contributed by atoms with Gasteiger partial charge in [-0.3, -0.25) is 9.59 Å². The van der Waals surface area contributed by atoms with Crippen molar-refractivity contribution in [1.82, 2.24) is 10.2 Å². The summed E-state index contributed by atoms with van der Waals surface area (Å²) in [5, 5.41) is 16.6. The number of anilines is 1. The van der Waals surface area contributed by atoms with Crippen LogP contribution in [0.1, 0.15) is 90.3 Å². The second kappa shape index (κ2) is 15.5. The molecule has 0 saturated heterocycles. The average molecular weight is 574 g/mol. The predicted molar refractivity (Wildman–Crippen MR) is 160 cm³/mol. The monoisotopic (exact) mass is 573 g/mol. The molecule has 0 spiro atoms. The molecule has 0 bridgehead atoms. The molecule has 0 aliphatic heterocycles. The van der Waals surface area contributed by atoms with Gasteiger partial charge in [0.15, 0.2) is 0 Å². The Morgan fingerprint density at radius 1 is 1.00 bits per heavy atom. The number of alkyl carbamates (subject to hydrolysis) is 1. The Hall–Kier alpha value is -3.26. The zero-order valence-corrected chi connectivity index (χ0v) is 25.3. The predicted octanol–water partition coefficient (Wildman–Crippen LogP) is 7.14. The number of nitrogens with zero attached hydrogens (tertiary/aromatic N) is 1.